The highest BCUT2D eigenvalue weighted by Gasteiger charge is 2.38. The highest BCUT2D eigenvalue weighted by molar-refractivity contribution is 7.99. The van der Waals surface area contributed by atoms with E-state index in [0.29, 0.717) is 5.16 Å². The minimum atomic E-state index is -0.228. The van der Waals surface area contributed by atoms with Gasteiger partial charge in [-0.3, -0.25) is 4.79 Å². The number of thioether (sulfide) groups is 1. The minimum absolute atomic E-state index is 0.0229. The van der Waals surface area contributed by atoms with Crippen molar-refractivity contribution < 1.29 is 4.79 Å². The van der Waals surface area contributed by atoms with Gasteiger partial charge in [0.25, 0.3) is 0 Å². The highest BCUT2D eigenvalue weighted by Crippen LogP contribution is 2.46. The minimum Gasteiger partial charge on any atom is -0.368 e. The van der Waals surface area contributed by atoms with E-state index in [1.165, 1.54) is 17.3 Å². The summed E-state index contributed by atoms with van der Waals surface area (Å²) in [7, 11) is 1.98. The van der Waals surface area contributed by atoms with Gasteiger partial charge in [0.05, 0.1) is 5.75 Å². The molecular weight excluding hydrogens is 336 g/mol. The number of fused-ring (bicyclic) bond motifs is 1. The molecule has 0 fully saturated rings. The van der Waals surface area contributed by atoms with Crippen LogP contribution in [0, 0.1) is 0 Å². The third-order valence-electron chi connectivity index (χ3n) is 4.23. The van der Waals surface area contributed by atoms with E-state index in [-0.39, 0.29) is 28.8 Å². The van der Waals surface area contributed by atoms with Crippen molar-refractivity contribution in [2.24, 2.45) is 0 Å². The van der Waals surface area contributed by atoms with Crippen LogP contribution in [0.3, 0.4) is 0 Å². The number of nitrogens with two attached hydrogens (primary N) is 2. The first-order valence-corrected chi connectivity index (χ1v) is 8.75. The number of carbonyl (C=O) groups is 1. The van der Waals surface area contributed by atoms with Crippen LogP contribution in [0.2, 0.25) is 0 Å². The maximum Gasteiger partial charge on any atom is 0.225 e. The summed E-state index contributed by atoms with van der Waals surface area (Å²) in [5, 5.41) is 0.346. The molecule has 2 heterocycles. The molecule has 1 aliphatic heterocycles. The number of benzene rings is 1. The number of nitrogen functional groups attached to an aromatic ring is 2. The fourth-order valence-corrected chi connectivity index (χ4v) is 3.71. The summed E-state index contributed by atoms with van der Waals surface area (Å²) in [6.07, 6.45) is 1.70. The Balaban J connectivity index is 1.78. The first-order chi connectivity index (χ1) is 11.8. The fourth-order valence-electron chi connectivity index (χ4n) is 3.04. The average molecular weight is 356 g/mol. The lowest BCUT2D eigenvalue weighted by Crippen LogP contribution is -2.24. The molecule has 2 aromatic rings. The summed E-state index contributed by atoms with van der Waals surface area (Å²) in [5.74, 6) is 0.276. The molecule has 0 unspecified atom stereocenters. The summed E-state index contributed by atoms with van der Waals surface area (Å²) in [4.78, 5) is 26.2. The van der Waals surface area contributed by atoms with Crippen molar-refractivity contribution in [2.45, 2.75) is 24.4 Å². The van der Waals surface area contributed by atoms with Crippen LogP contribution in [0.25, 0.3) is 0 Å². The third-order valence-corrected chi connectivity index (χ3v) is 5.10. The topological polar surface area (TPSA) is 111 Å². The van der Waals surface area contributed by atoms with E-state index in [0.717, 1.165) is 11.4 Å². The van der Waals surface area contributed by atoms with Gasteiger partial charge in [0.2, 0.25) is 11.9 Å². The predicted molar refractivity (Wildman–Crippen MR) is 100 cm³/mol. The fraction of sp³-hybridized carbons (Fsp3) is 0.294. The van der Waals surface area contributed by atoms with Crippen LogP contribution in [-0.4, -0.2) is 33.5 Å². The van der Waals surface area contributed by atoms with Crippen molar-refractivity contribution in [3.8, 4) is 0 Å². The number of para-hydroxylation sites is 1. The SMILES string of the molecule is CN1C(=CC(=O)CSc2nc(N)nc(N)n2)C(C)(C)c2ccccc21. The van der Waals surface area contributed by atoms with E-state index in [9.17, 15) is 4.79 Å². The lowest BCUT2D eigenvalue weighted by molar-refractivity contribution is -0.112. The van der Waals surface area contributed by atoms with Crippen LogP contribution in [-0.2, 0) is 10.2 Å². The van der Waals surface area contributed by atoms with Crippen molar-refractivity contribution in [1.82, 2.24) is 15.0 Å². The van der Waals surface area contributed by atoms with Crippen LogP contribution in [0.1, 0.15) is 19.4 Å². The van der Waals surface area contributed by atoms with Crippen molar-refractivity contribution in [3.05, 3.63) is 41.6 Å². The van der Waals surface area contributed by atoms with Crippen molar-refractivity contribution >= 4 is 35.1 Å². The molecule has 1 aromatic heterocycles. The zero-order valence-corrected chi connectivity index (χ0v) is 15.2. The van der Waals surface area contributed by atoms with Crippen molar-refractivity contribution in [2.75, 3.05) is 29.2 Å². The molecule has 0 radical (unpaired) electrons. The molecule has 4 N–H and O–H groups in total. The molecular formula is C17H20N6OS. The van der Waals surface area contributed by atoms with Gasteiger partial charge in [-0.05, 0) is 11.6 Å². The molecule has 0 saturated heterocycles. The number of aromatic nitrogens is 3. The number of anilines is 3. The number of nitrogens with zero attached hydrogens (tertiary/aromatic N) is 4. The molecule has 1 aliphatic rings. The number of hydrogen-bond acceptors (Lipinski definition) is 8. The zero-order valence-electron chi connectivity index (χ0n) is 14.4. The van der Waals surface area contributed by atoms with Crippen LogP contribution in [0.5, 0.6) is 0 Å². The van der Waals surface area contributed by atoms with Gasteiger partial charge in [0, 0.05) is 29.9 Å². The molecule has 0 amide bonds. The Hall–Kier alpha value is -2.61. The smallest absolute Gasteiger partial charge is 0.225 e. The maximum atomic E-state index is 12.5. The van der Waals surface area contributed by atoms with Gasteiger partial charge in [-0.2, -0.15) is 15.0 Å². The molecule has 1 aromatic carbocycles. The van der Waals surface area contributed by atoms with E-state index in [1.807, 2.05) is 19.2 Å². The number of carbonyl (C=O) groups excluding carboxylic acids is 1. The molecule has 8 heteroatoms. The zero-order chi connectivity index (χ0) is 18.2. The molecule has 3 rings (SSSR count). The normalized spacial score (nSPS) is 16.9. The standard InChI is InChI=1S/C17H20N6OS/c1-17(2)11-6-4-5-7-12(11)23(3)13(17)8-10(24)9-25-16-21-14(18)20-15(19)22-16/h4-8H,9H2,1-3H3,(H4,18,19,20,21,22). The first kappa shape index (κ1) is 17.2. The second kappa shape index (κ2) is 6.36. The van der Waals surface area contributed by atoms with E-state index in [2.05, 4.69) is 45.8 Å². The molecule has 0 aliphatic carbocycles. The Morgan fingerprint density at radius 3 is 2.48 bits per heavy atom. The molecule has 0 bridgehead atoms. The Morgan fingerprint density at radius 1 is 1.20 bits per heavy atom. The van der Waals surface area contributed by atoms with Gasteiger partial charge in [-0.1, -0.05) is 43.8 Å². The number of allylic oxidation sites excluding steroid dienone is 2. The second-order valence-corrected chi connectivity index (χ2v) is 7.26. The lowest BCUT2D eigenvalue weighted by atomic mass is 9.83. The quantitative estimate of drug-likeness (QED) is 0.632. The van der Waals surface area contributed by atoms with Gasteiger partial charge < -0.3 is 16.4 Å². The van der Waals surface area contributed by atoms with Crippen LogP contribution in [0.4, 0.5) is 17.6 Å². The number of rotatable bonds is 4. The summed E-state index contributed by atoms with van der Waals surface area (Å²) >= 11 is 1.19. The Morgan fingerprint density at radius 2 is 1.84 bits per heavy atom. The van der Waals surface area contributed by atoms with E-state index in [4.69, 9.17) is 11.5 Å². The van der Waals surface area contributed by atoms with Gasteiger partial charge in [-0.15, -0.1) is 0 Å². The van der Waals surface area contributed by atoms with Crippen LogP contribution in [0.15, 0.2) is 41.2 Å². The van der Waals surface area contributed by atoms with E-state index >= 15 is 0 Å². The Labute approximate surface area is 150 Å². The number of hydrogen-bond donors (Lipinski definition) is 2. The monoisotopic (exact) mass is 356 g/mol. The van der Waals surface area contributed by atoms with Gasteiger partial charge in [0.15, 0.2) is 10.9 Å². The Bertz CT molecular complexity index is 844. The maximum absolute atomic E-state index is 12.5. The van der Waals surface area contributed by atoms with E-state index in [1.54, 1.807) is 6.08 Å². The molecule has 25 heavy (non-hydrogen) atoms. The largest absolute Gasteiger partial charge is 0.368 e. The van der Waals surface area contributed by atoms with Crippen molar-refractivity contribution in [1.29, 1.82) is 0 Å². The van der Waals surface area contributed by atoms with Crippen LogP contribution >= 0.6 is 11.8 Å². The van der Waals surface area contributed by atoms with Gasteiger partial charge in [-0.25, -0.2) is 0 Å². The lowest BCUT2D eigenvalue weighted by Gasteiger charge is -2.23. The molecule has 130 valence electrons. The van der Waals surface area contributed by atoms with Crippen molar-refractivity contribution in [3.63, 3.8) is 0 Å². The average Bonchev–Trinajstić information content (AvgIpc) is 2.74. The molecule has 0 spiro atoms. The predicted octanol–water partition coefficient (Wildman–Crippen LogP) is 2.01. The summed E-state index contributed by atoms with van der Waals surface area (Å²) in [6.45, 7) is 4.24. The summed E-state index contributed by atoms with van der Waals surface area (Å²) in [6, 6.07) is 8.18. The Kier molecular flexibility index (Phi) is 4.38. The number of ketones is 1. The van der Waals surface area contributed by atoms with Crippen LogP contribution < -0.4 is 16.4 Å². The molecule has 0 atom stereocenters. The van der Waals surface area contributed by atoms with E-state index < -0.39 is 0 Å². The van der Waals surface area contributed by atoms with Gasteiger partial charge >= 0.3 is 0 Å². The van der Waals surface area contributed by atoms with Gasteiger partial charge in [0.1, 0.15) is 0 Å². The number of likely N-dealkylation sites (N-methyl/N-ethyl adjacent to an activating group) is 1. The first-order valence-electron chi connectivity index (χ1n) is 7.77. The molecule has 0 saturated carbocycles. The second-order valence-electron chi connectivity index (χ2n) is 6.32. The molecule has 7 nitrogen and oxygen atoms in total. The third kappa shape index (κ3) is 3.30. The summed E-state index contributed by atoms with van der Waals surface area (Å²) in [5.41, 5.74) is 14.2. The highest BCUT2D eigenvalue weighted by atomic mass is 32.2. The summed E-state index contributed by atoms with van der Waals surface area (Å²) < 4.78 is 0.